The summed E-state index contributed by atoms with van der Waals surface area (Å²) in [5.41, 5.74) is 3.61. The molecule has 1 atom stereocenters. The Morgan fingerprint density at radius 1 is 0.905 bits per heavy atom. The highest BCUT2D eigenvalue weighted by molar-refractivity contribution is 6.36. The van der Waals surface area contributed by atoms with E-state index in [1.165, 1.54) is 12.4 Å². The topological polar surface area (TPSA) is 106 Å². The summed E-state index contributed by atoms with van der Waals surface area (Å²) in [7, 11) is 0. The van der Waals surface area contributed by atoms with E-state index in [1.807, 2.05) is 73.8 Å². The highest BCUT2D eigenvalue weighted by atomic mass is 35.5. The van der Waals surface area contributed by atoms with E-state index >= 15 is 0 Å². The maximum absolute atomic E-state index is 14.5. The molecule has 0 bridgehead atoms. The van der Waals surface area contributed by atoms with Gasteiger partial charge in [-0.2, -0.15) is 0 Å². The summed E-state index contributed by atoms with van der Waals surface area (Å²) in [6.45, 7) is 8.23. The molecule has 0 amide bonds. The number of aromatic nitrogens is 5. The number of pyridine rings is 3. The smallest absolute Gasteiger partial charge is 0.263 e. The van der Waals surface area contributed by atoms with Crippen molar-refractivity contribution in [3.8, 4) is 16.8 Å². The second kappa shape index (κ2) is 10.5. The van der Waals surface area contributed by atoms with Crippen LogP contribution < -0.4 is 16.3 Å². The normalized spacial score (nSPS) is 12.5. The summed E-state index contributed by atoms with van der Waals surface area (Å²) in [5.74, 6) is 0.344. The number of para-hydroxylation sites is 1. The highest BCUT2D eigenvalue weighted by Gasteiger charge is 2.24. The third kappa shape index (κ3) is 4.73. The maximum Gasteiger partial charge on any atom is 0.263 e. The molecule has 210 valence electrons. The van der Waals surface area contributed by atoms with E-state index in [4.69, 9.17) is 16.6 Å². The molecule has 2 aromatic carbocycles. The lowest BCUT2D eigenvalue weighted by Crippen LogP contribution is -2.27. The van der Waals surface area contributed by atoms with E-state index in [2.05, 4.69) is 41.0 Å². The number of benzene rings is 2. The Kier molecular flexibility index (Phi) is 6.86. The average Bonchev–Trinajstić information content (AvgIpc) is 2.98. The molecule has 0 saturated carbocycles. The molecule has 6 aromatic rings. The minimum absolute atomic E-state index is 0.0987. The zero-order valence-electron chi connectivity index (χ0n) is 23.6. The van der Waals surface area contributed by atoms with Gasteiger partial charge in [0.25, 0.3) is 5.56 Å². The van der Waals surface area contributed by atoms with Gasteiger partial charge in [0.05, 0.1) is 22.1 Å². The number of hydrogen-bond acceptors (Lipinski definition) is 6. The Morgan fingerprint density at radius 3 is 2.40 bits per heavy atom. The van der Waals surface area contributed by atoms with Crippen molar-refractivity contribution in [2.24, 2.45) is 0 Å². The third-order valence-corrected chi connectivity index (χ3v) is 7.75. The Balaban J connectivity index is 1.58. The zero-order chi connectivity index (χ0) is 29.6. The molecule has 8 nitrogen and oxygen atoms in total. The van der Waals surface area contributed by atoms with Crippen LogP contribution in [-0.4, -0.2) is 24.5 Å². The van der Waals surface area contributed by atoms with Gasteiger partial charge in [-0.1, -0.05) is 74.8 Å². The predicted molar refractivity (Wildman–Crippen MR) is 169 cm³/mol. The number of nitrogens with one attached hydrogen (secondary N) is 2. The van der Waals surface area contributed by atoms with Crippen LogP contribution >= 0.6 is 11.6 Å². The lowest BCUT2D eigenvalue weighted by Gasteiger charge is -2.24. The van der Waals surface area contributed by atoms with Crippen LogP contribution in [0, 0.1) is 0 Å². The maximum atomic E-state index is 14.5. The van der Waals surface area contributed by atoms with E-state index in [0.29, 0.717) is 44.0 Å². The third-order valence-electron chi connectivity index (χ3n) is 7.35. The Bertz CT molecular complexity index is 2060. The van der Waals surface area contributed by atoms with Crippen molar-refractivity contribution >= 4 is 39.2 Å². The van der Waals surface area contributed by atoms with Gasteiger partial charge in [-0.25, -0.2) is 9.97 Å². The second-order valence-electron chi connectivity index (χ2n) is 11.2. The van der Waals surface area contributed by atoms with Crippen LogP contribution in [0.4, 0.5) is 5.82 Å². The molecule has 4 heterocycles. The number of hydrogen-bond donors (Lipinski definition) is 2. The van der Waals surface area contributed by atoms with E-state index in [1.54, 1.807) is 10.8 Å². The van der Waals surface area contributed by atoms with Crippen LogP contribution in [0.5, 0.6) is 0 Å². The predicted octanol–water partition coefficient (Wildman–Crippen LogP) is 6.81. The number of H-pyrrole nitrogens is 1. The molecular weight excluding hydrogens is 548 g/mol. The van der Waals surface area contributed by atoms with Crippen molar-refractivity contribution in [1.82, 2.24) is 24.5 Å². The first-order valence-corrected chi connectivity index (χ1v) is 14.0. The largest absolute Gasteiger partial charge is 0.361 e. The second-order valence-corrected chi connectivity index (χ2v) is 11.6. The van der Waals surface area contributed by atoms with Gasteiger partial charge in [0.1, 0.15) is 23.2 Å². The van der Waals surface area contributed by atoms with Crippen molar-refractivity contribution in [3.05, 3.63) is 122 Å². The number of fused-ring (bicyclic) bond motifs is 2. The molecule has 0 fully saturated rings. The molecule has 6 rings (SSSR count). The SMILES string of the molecule is C[C@H](Nc1ncnc2[nH]ccc(=O)c12)c1c(Cl)c2cccc(-c3ccc(C(C)(C)C)nc3)c2c(=O)n1-c1ccccc1. The first kappa shape index (κ1) is 27.4. The number of halogens is 1. The van der Waals surface area contributed by atoms with Crippen LogP contribution in [-0.2, 0) is 5.41 Å². The van der Waals surface area contributed by atoms with E-state index < -0.39 is 6.04 Å². The zero-order valence-corrected chi connectivity index (χ0v) is 24.4. The lowest BCUT2D eigenvalue weighted by molar-refractivity contribution is 0.569. The molecule has 42 heavy (non-hydrogen) atoms. The van der Waals surface area contributed by atoms with Crippen molar-refractivity contribution in [2.75, 3.05) is 5.32 Å². The number of rotatable bonds is 5. The summed E-state index contributed by atoms with van der Waals surface area (Å²) >= 11 is 7.21. The molecule has 0 aliphatic heterocycles. The molecular formula is C33H29ClN6O2. The van der Waals surface area contributed by atoms with Crippen LogP contribution in [0.2, 0.25) is 5.02 Å². The lowest BCUT2D eigenvalue weighted by atomic mass is 9.91. The average molecular weight is 577 g/mol. The highest BCUT2D eigenvalue weighted by Crippen LogP contribution is 2.36. The van der Waals surface area contributed by atoms with Crippen LogP contribution in [0.15, 0.2) is 95.0 Å². The number of nitrogens with zero attached hydrogens (tertiary/aromatic N) is 4. The Labute approximate surface area is 247 Å². The van der Waals surface area contributed by atoms with Crippen molar-refractivity contribution in [1.29, 1.82) is 0 Å². The first-order valence-electron chi connectivity index (χ1n) is 13.6. The fourth-order valence-electron chi connectivity index (χ4n) is 5.27. The van der Waals surface area contributed by atoms with Gasteiger partial charge < -0.3 is 10.3 Å². The summed E-state index contributed by atoms with van der Waals surface area (Å²) < 4.78 is 1.64. The van der Waals surface area contributed by atoms with Crippen LogP contribution in [0.25, 0.3) is 38.6 Å². The summed E-state index contributed by atoms with van der Waals surface area (Å²) in [6.07, 6.45) is 4.73. The van der Waals surface area contributed by atoms with Gasteiger partial charge >= 0.3 is 0 Å². The molecule has 0 aliphatic rings. The van der Waals surface area contributed by atoms with E-state index in [0.717, 1.165) is 16.8 Å². The van der Waals surface area contributed by atoms with Crippen molar-refractivity contribution in [2.45, 2.75) is 39.2 Å². The fourth-order valence-corrected chi connectivity index (χ4v) is 5.67. The monoisotopic (exact) mass is 576 g/mol. The van der Waals surface area contributed by atoms with Gasteiger partial charge in [0.2, 0.25) is 0 Å². The van der Waals surface area contributed by atoms with Crippen LogP contribution in [0.3, 0.4) is 0 Å². The molecule has 0 aliphatic carbocycles. The summed E-state index contributed by atoms with van der Waals surface area (Å²) in [4.78, 5) is 43.5. The standard InChI is InChI=1S/C33H29ClN6O2/c1-19(39-31-27-24(41)15-16-35-30(27)37-18-38-31)29-28(34)23-12-8-11-22(20-13-14-25(36-17-20)33(2,3)4)26(23)32(42)40(29)21-9-6-5-7-10-21/h5-19H,1-4H3,(H2,35,37,38,39,41)/t19-/m0/s1. The molecule has 2 N–H and O–H groups in total. The molecule has 0 unspecified atom stereocenters. The summed E-state index contributed by atoms with van der Waals surface area (Å²) in [6, 6.07) is 20.0. The minimum Gasteiger partial charge on any atom is -0.361 e. The van der Waals surface area contributed by atoms with Crippen molar-refractivity contribution in [3.63, 3.8) is 0 Å². The Hall–Kier alpha value is -4.82. The van der Waals surface area contributed by atoms with Crippen LogP contribution in [0.1, 0.15) is 45.1 Å². The molecule has 9 heteroatoms. The van der Waals surface area contributed by atoms with Gasteiger partial charge in [0.15, 0.2) is 5.43 Å². The van der Waals surface area contributed by atoms with E-state index in [-0.39, 0.29) is 16.4 Å². The van der Waals surface area contributed by atoms with Gasteiger partial charge in [-0.15, -0.1) is 0 Å². The quantitative estimate of drug-likeness (QED) is 0.234. The minimum atomic E-state index is -0.524. The molecule has 4 aromatic heterocycles. The molecule has 0 spiro atoms. The molecule has 0 saturated heterocycles. The molecule has 0 radical (unpaired) electrons. The summed E-state index contributed by atoms with van der Waals surface area (Å²) in [5, 5.41) is 5.19. The van der Waals surface area contributed by atoms with Gasteiger partial charge in [-0.3, -0.25) is 19.1 Å². The van der Waals surface area contributed by atoms with Gasteiger partial charge in [0, 0.05) is 46.2 Å². The van der Waals surface area contributed by atoms with Crippen molar-refractivity contribution < 1.29 is 0 Å². The first-order chi connectivity index (χ1) is 20.1. The van der Waals surface area contributed by atoms with Gasteiger partial charge in [-0.05, 0) is 30.7 Å². The van der Waals surface area contributed by atoms with E-state index in [9.17, 15) is 9.59 Å². The number of aromatic amines is 1. The Morgan fingerprint density at radius 2 is 1.69 bits per heavy atom. The fraction of sp³-hybridized carbons (Fsp3) is 0.182. The number of anilines is 1.